The lowest BCUT2D eigenvalue weighted by atomic mass is 9.98. The average Bonchev–Trinajstić information content (AvgIpc) is 3.14. The van der Waals surface area contributed by atoms with E-state index in [9.17, 15) is 0 Å². The van der Waals surface area contributed by atoms with Crippen LogP contribution in [-0.4, -0.2) is 14.8 Å². The minimum Gasteiger partial charge on any atom is -0.247 e. The zero-order valence-electron chi connectivity index (χ0n) is 15.1. The van der Waals surface area contributed by atoms with Gasteiger partial charge in [0.1, 0.15) is 0 Å². The minimum absolute atomic E-state index is 0.482. The summed E-state index contributed by atoms with van der Waals surface area (Å²) in [6, 6.07) is 8.69. The Morgan fingerprint density at radius 1 is 1.17 bits per heavy atom. The lowest BCUT2D eigenvalue weighted by Crippen LogP contribution is -2.00. The molecule has 3 rings (SSSR count). The monoisotopic (exact) mass is 339 g/mol. The fourth-order valence-electron chi connectivity index (χ4n) is 3.05. The van der Waals surface area contributed by atoms with Crippen molar-refractivity contribution in [1.29, 1.82) is 0 Å². The van der Waals surface area contributed by atoms with E-state index in [1.807, 2.05) is 22.2 Å². The van der Waals surface area contributed by atoms with Gasteiger partial charge in [-0.25, -0.2) is 9.67 Å². The van der Waals surface area contributed by atoms with Gasteiger partial charge in [-0.3, -0.25) is 0 Å². The molecule has 1 aromatic carbocycles. The number of aromatic nitrogens is 3. The Morgan fingerprint density at radius 2 is 1.96 bits per heavy atom. The van der Waals surface area contributed by atoms with Gasteiger partial charge in [0.25, 0.3) is 0 Å². The normalized spacial score (nSPS) is 12.8. The van der Waals surface area contributed by atoms with Crippen molar-refractivity contribution < 1.29 is 0 Å². The number of benzene rings is 1. The van der Waals surface area contributed by atoms with Crippen LogP contribution in [0.25, 0.3) is 5.69 Å². The molecule has 0 aliphatic carbocycles. The second kappa shape index (κ2) is 6.89. The highest BCUT2D eigenvalue weighted by Gasteiger charge is 2.14. The molecule has 0 amide bonds. The van der Waals surface area contributed by atoms with Gasteiger partial charge in [-0.15, -0.1) is 11.3 Å². The Labute approximate surface area is 148 Å². The molecule has 0 bridgehead atoms. The van der Waals surface area contributed by atoms with E-state index in [2.05, 4.69) is 75.2 Å². The van der Waals surface area contributed by atoms with Crippen LogP contribution in [-0.2, 0) is 6.42 Å². The van der Waals surface area contributed by atoms with Crippen LogP contribution >= 0.6 is 11.3 Å². The summed E-state index contributed by atoms with van der Waals surface area (Å²) in [6.07, 6.45) is 5.11. The van der Waals surface area contributed by atoms with Gasteiger partial charge in [0, 0.05) is 11.1 Å². The van der Waals surface area contributed by atoms with Gasteiger partial charge in [0.15, 0.2) is 0 Å². The van der Waals surface area contributed by atoms with Crippen LogP contribution in [0, 0.1) is 13.8 Å². The molecule has 2 aromatic heterocycles. The first-order valence-electron chi connectivity index (χ1n) is 8.52. The van der Waals surface area contributed by atoms with Crippen molar-refractivity contribution in [2.75, 3.05) is 0 Å². The zero-order chi connectivity index (χ0) is 17.3. The Bertz CT molecular complexity index is 829. The first-order chi connectivity index (χ1) is 11.4. The van der Waals surface area contributed by atoms with Crippen molar-refractivity contribution in [2.45, 2.75) is 52.9 Å². The summed E-state index contributed by atoms with van der Waals surface area (Å²) >= 11 is 1.82. The SMILES string of the molecule is Cc1nc(C)c(C(C)Cc2cccc(-n3cc(C(C)C)cn3)c2)s1. The van der Waals surface area contributed by atoms with Gasteiger partial charge >= 0.3 is 0 Å². The largest absolute Gasteiger partial charge is 0.247 e. The van der Waals surface area contributed by atoms with E-state index < -0.39 is 0 Å². The number of thiazole rings is 1. The molecule has 24 heavy (non-hydrogen) atoms. The lowest BCUT2D eigenvalue weighted by Gasteiger charge is -2.11. The summed E-state index contributed by atoms with van der Waals surface area (Å²) in [7, 11) is 0. The molecule has 4 heteroatoms. The molecule has 3 aromatic rings. The topological polar surface area (TPSA) is 30.7 Å². The van der Waals surface area contributed by atoms with Crippen molar-refractivity contribution in [1.82, 2.24) is 14.8 Å². The summed E-state index contributed by atoms with van der Waals surface area (Å²) in [5.41, 5.74) is 4.91. The summed E-state index contributed by atoms with van der Waals surface area (Å²) < 4.78 is 1.98. The van der Waals surface area contributed by atoms with Crippen molar-refractivity contribution in [3.05, 3.63) is 63.4 Å². The highest BCUT2D eigenvalue weighted by molar-refractivity contribution is 7.11. The van der Waals surface area contributed by atoms with E-state index in [-0.39, 0.29) is 0 Å². The smallest absolute Gasteiger partial charge is 0.0900 e. The molecule has 0 N–H and O–H groups in total. The Kier molecular flexibility index (Phi) is 4.86. The third-order valence-corrected chi connectivity index (χ3v) is 5.68. The molecule has 2 heterocycles. The van der Waals surface area contributed by atoms with Gasteiger partial charge in [0.2, 0.25) is 0 Å². The van der Waals surface area contributed by atoms with Gasteiger partial charge in [0.05, 0.1) is 22.6 Å². The van der Waals surface area contributed by atoms with Gasteiger partial charge in [-0.1, -0.05) is 32.9 Å². The molecule has 0 aliphatic heterocycles. The molecular weight excluding hydrogens is 314 g/mol. The second-order valence-corrected chi connectivity index (χ2v) is 8.07. The fraction of sp³-hybridized carbons (Fsp3) is 0.400. The van der Waals surface area contributed by atoms with Gasteiger partial charge in [-0.2, -0.15) is 5.10 Å². The standard InChI is InChI=1S/C20H25N3S/c1-13(2)18-11-21-23(12-18)19-8-6-7-17(10-19)9-14(3)20-15(4)22-16(5)24-20/h6-8,10-14H,9H2,1-5H3. The quantitative estimate of drug-likeness (QED) is 0.622. The van der Waals surface area contributed by atoms with Crippen LogP contribution in [0.3, 0.4) is 0 Å². The van der Waals surface area contributed by atoms with Crippen molar-refractivity contribution in [3.63, 3.8) is 0 Å². The molecule has 0 saturated carbocycles. The highest BCUT2D eigenvalue weighted by atomic mass is 32.1. The predicted molar refractivity (Wildman–Crippen MR) is 101 cm³/mol. The molecule has 0 fully saturated rings. The molecule has 1 unspecified atom stereocenters. The molecular formula is C20H25N3S. The summed E-state index contributed by atoms with van der Waals surface area (Å²) in [5, 5.41) is 5.67. The zero-order valence-corrected chi connectivity index (χ0v) is 15.9. The number of aryl methyl sites for hydroxylation is 2. The van der Waals surface area contributed by atoms with Crippen LogP contribution in [0.1, 0.15) is 59.3 Å². The number of hydrogen-bond donors (Lipinski definition) is 0. The number of hydrogen-bond acceptors (Lipinski definition) is 3. The summed E-state index contributed by atoms with van der Waals surface area (Å²) in [6.45, 7) is 10.9. The number of rotatable bonds is 5. The van der Waals surface area contributed by atoms with E-state index in [0.717, 1.165) is 17.1 Å². The van der Waals surface area contributed by atoms with Crippen molar-refractivity contribution >= 4 is 11.3 Å². The van der Waals surface area contributed by atoms with Crippen molar-refractivity contribution in [3.8, 4) is 5.69 Å². The Balaban J connectivity index is 1.81. The molecule has 0 radical (unpaired) electrons. The fourth-order valence-corrected chi connectivity index (χ4v) is 4.03. The summed E-state index contributed by atoms with van der Waals surface area (Å²) in [4.78, 5) is 5.96. The molecule has 3 nitrogen and oxygen atoms in total. The molecule has 126 valence electrons. The molecule has 1 atom stereocenters. The van der Waals surface area contributed by atoms with Crippen LogP contribution in [0.15, 0.2) is 36.7 Å². The van der Waals surface area contributed by atoms with E-state index in [0.29, 0.717) is 11.8 Å². The maximum absolute atomic E-state index is 4.56. The lowest BCUT2D eigenvalue weighted by molar-refractivity contribution is 0.763. The van der Waals surface area contributed by atoms with E-state index in [4.69, 9.17) is 0 Å². The van der Waals surface area contributed by atoms with E-state index in [1.54, 1.807) is 0 Å². The van der Waals surface area contributed by atoms with E-state index in [1.165, 1.54) is 21.7 Å². The van der Waals surface area contributed by atoms with Crippen molar-refractivity contribution in [2.24, 2.45) is 0 Å². The molecule has 0 aliphatic rings. The first-order valence-corrected chi connectivity index (χ1v) is 9.33. The maximum atomic E-state index is 4.56. The summed E-state index contributed by atoms with van der Waals surface area (Å²) in [5.74, 6) is 0.981. The average molecular weight is 340 g/mol. The Morgan fingerprint density at radius 3 is 2.58 bits per heavy atom. The second-order valence-electron chi connectivity index (χ2n) is 6.83. The van der Waals surface area contributed by atoms with Gasteiger partial charge < -0.3 is 0 Å². The predicted octanol–water partition coefficient (Wildman–Crippen LogP) is 5.42. The third-order valence-electron chi connectivity index (χ3n) is 4.37. The Hall–Kier alpha value is -1.94. The molecule has 0 spiro atoms. The maximum Gasteiger partial charge on any atom is 0.0900 e. The van der Waals surface area contributed by atoms with Gasteiger partial charge in [-0.05, 0) is 55.4 Å². The first kappa shape index (κ1) is 16.9. The van der Waals surface area contributed by atoms with Crippen LogP contribution < -0.4 is 0 Å². The molecule has 0 saturated heterocycles. The van der Waals surface area contributed by atoms with Crippen LogP contribution in [0.5, 0.6) is 0 Å². The highest BCUT2D eigenvalue weighted by Crippen LogP contribution is 2.29. The van der Waals surface area contributed by atoms with E-state index >= 15 is 0 Å². The van der Waals surface area contributed by atoms with Crippen LogP contribution in [0.4, 0.5) is 0 Å². The minimum atomic E-state index is 0.482. The number of nitrogens with zero attached hydrogens (tertiary/aromatic N) is 3. The van der Waals surface area contributed by atoms with Crippen LogP contribution in [0.2, 0.25) is 0 Å². The third kappa shape index (κ3) is 3.59.